The molecule has 7 nitrogen and oxygen atoms in total. The number of aliphatic carboxylic acids is 1. The van der Waals surface area contributed by atoms with Gasteiger partial charge in [0.25, 0.3) is 0 Å². The molecule has 0 saturated carbocycles. The molecule has 3 heterocycles. The lowest BCUT2D eigenvalue weighted by molar-refractivity contribution is -0.142. The van der Waals surface area contributed by atoms with Crippen LogP contribution >= 0.6 is 0 Å². The fourth-order valence-corrected chi connectivity index (χ4v) is 5.35. The van der Waals surface area contributed by atoms with Crippen LogP contribution in [0, 0.1) is 5.92 Å². The molecular weight excluding hydrogens is 306 g/mol. The molecule has 2 saturated heterocycles. The van der Waals surface area contributed by atoms with Gasteiger partial charge in [0, 0.05) is 32.4 Å². The number of rotatable bonds is 4. The van der Waals surface area contributed by atoms with Gasteiger partial charge in [-0.25, -0.2) is 13.4 Å². The fraction of sp³-hybridized carbons (Fsp3) is 0.571. The monoisotopic (exact) mass is 325 g/mol. The molecule has 3 rings (SSSR count). The van der Waals surface area contributed by atoms with E-state index in [2.05, 4.69) is 4.98 Å². The van der Waals surface area contributed by atoms with E-state index < -0.39 is 28.0 Å². The largest absolute Gasteiger partial charge is 0.481 e. The van der Waals surface area contributed by atoms with E-state index in [4.69, 9.17) is 0 Å². The number of fused-ring (bicyclic) bond motifs is 2. The highest BCUT2D eigenvalue weighted by molar-refractivity contribution is 7.89. The van der Waals surface area contributed by atoms with E-state index in [9.17, 15) is 18.3 Å². The van der Waals surface area contributed by atoms with Crippen molar-refractivity contribution in [1.29, 1.82) is 0 Å². The van der Waals surface area contributed by atoms with Crippen molar-refractivity contribution < 1.29 is 18.3 Å². The van der Waals surface area contributed by atoms with Crippen LogP contribution in [0.3, 0.4) is 0 Å². The summed E-state index contributed by atoms with van der Waals surface area (Å²) in [5, 5.41) is 9.25. The van der Waals surface area contributed by atoms with E-state index in [1.54, 1.807) is 11.0 Å². The Kier molecular flexibility index (Phi) is 3.60. The third kappa shape index (κ3) is 2.26. The normalized spacial score (nSPS) is 28.0. The number of hydrogen-bond acceptors (Lipinski definition) is 5. The second kappa shape index (κ2) is 5.20. The number of hydrogen-bond donors (Lipinski definition) is 1. The zero-order valence-corrected chi connectivity index (χ0v) is 13.3. The summed E-state index contributed by atoms with van der Waals surface area (Å²) in [6.07, 6.45) is 3.10. The van der Waals surface area contributed by atoms with Gasteiger partial charge in [-0.05, 0) is 31.4 Å². The fourth-order valence-electron chi connectivity index (χ4n) is 3.49. The first kappa shape index (κ1) is 15.2. The summed E-state index contributed by atoms with van der Waals surface area (Å²) >= 11 is 0. The van der Waals surface area contributed by atoms with E-state index in [0.717, 1.165) is 6.42 Å². The predicted molar refractivity (Wildman–Crippen MR) is 80.1 cm³/mol. The van der Waals surface area contributed by atoms with E-state index in [-0.39, 0.29) is 10.9 Å². The minimum absolute atomic E-state index is 0.126. The molecule has 22 heavy (non-hydrogen) atoms. The van der Waals surface area contributed by atoms with Crippen molar-refractivity contribution in [2.45, 2.75) is 36.2 Å². The second-order valence-corrected chi connectivity index (χ2v) is 7.90. The zero-order chi connectivity index (χ0) is 16.1. The van der Waals surface area contributed by atoms with Gasteiger partial charge in [-0.1, -0.05) is 0 Å². The molecule has 1 N–H and O–H groups in total. The number of carboxylic acids is 1. The second-order valence-electron chi connectivity index (χ2n) is 6.06. The maximum absolute atomic E-state index is 12.8. The summed E-state index contributed by atoms with van der Waals surface area (Å²) in [6, 6.07) is 2.55. The molecule has 1 aromatic heterocycles. The Balaban J connectivity index is 1.92. The Morgan fingerprint density at radius 1 is 1.36 bits per heavy atom. The highest BCUT2D eigenvalue weighted by atomic mass is 32.2. The van der Waals surface area contributed by atoms with Crippen molar-refractivity contribution in [2.75, 3.05) is 19.0 Å². The molecule has 0 amide bonds. The van der Waals surface area contributed by atoms with Crippen molar-refractivity contribution in [3.05, 3.63) is 18.3 Å². The number of carbonyl (C=O) groups is 1. The number of nitrogens with zero attached hydrogens (tertiary/aromatic N) is 3. The topological polar surface area (TPSA) is 90.8 Å². The van der Waals surface area contributed by atoms with Crippen LogP contribution in [0.4, 0.5) is 5.82 Å². The number of anilines is 1. The van der Waals surface area contributed by atoms with E-state index in [0.29, 0.717) is 18.7 Å². The zero-order valence-electron chi connectivity index (χ0n) is 12.5. The van der Waals surface area contributed by atoms with Crippen molar-refractivity contribution >= 4 is 21.8 Å². The first-order chi connectivity index (χ1) is 10.3. The lowest BCUT2D eigenvalue weighted by Gasteiger charge is -2.22. The van der Waals surface area contributed by atoms with Crippen molar-refractivity contribution in [1.82, 2.24) is 9.29 Å². The molecular formula is C14H19N3O4S. The molecule has 2 bridgehead atoms. The van der Waals surface area contributed by atoms with Crippen LogP contribution in [0.5, 0.6) is 0 Å². The molecule has 0 aromatic carbocycles. The Labute approximate surface area is 129 Å². The van der Waals surface area contributed by atoms with Crippen molar-refractivity contribution in [3.8, 4) is 0 Å². The smallest absolute Gasteiger partial charge is 0.308 e. The third-order valence-electron chi connectivity index (χ3n) is 4.54. The van der Waals surface area contributed by atoms with Crippen LogP contribution in [-0.4, -0.2) is 55.0 Å². The van der Waals surface area contributed by atoms with Crippen LogP contribution in [0.25, 0.3) is 0 Å². The average molecular weight is 325 g/mol. The van der Waals surface area contributed by atoms with Crippen LogP contribution in [-0.2, 0) is 14.8 Å². The number of pyridine rings is 1. The van der Waals surface area contributed by atoms with Crippen molar-refractivity contribution in [2.24, 2.45) is 5.92 Å². The van der Waals surface area contributed by atoms with Gasteiger partial charge >= 0.3 is 5.97 Å². The van der Waals surface area contributed by atoms with Gasteiger partial charge in [-0.15, -0.1) is 0 Å². The minimum atomic E-state index is -3.69. The predicted octanol–water partition coefficient (Wildman–Crippen LogP) is 0.774. The SMILES string of the molecule is CN(C)c1ccc(S(=O)(=O)N2C3CCC2C(C(=O)O)C3)cn1. The van der Waals surface area contributed by atoms with Gasteiger partial charge < -0.3 is 10.0 Å². The number of aromatic nitrogens is 1. The maximum atomic E-state index is 12.8. The molecule has 1 aromatic rings. The molecule has 2 aliphatic rings. The summed E-state index contributed by atoms with van der Waals surface area (Å²) in [5.41, 5.74) is 0. The summed E-state index contributed by atoms with van der Waals surface area (Å²) < 4.78 is 27.0. The standard InChI is InChI=1S/C14H19N3O4S/c1-16(2)13-6-4-10(8-15-13)22(20,21)17-9-3-5-12(17)11(7-9)14(18)19/h4,6,8-9,11-12H,3,5,7H2,1-2H3,(H,18,19). The first-order valence-corrected chi connectivity index (χ1v) is 8.66. The Morgan fingerprint density at radius 3 is 2.59 bits per heavy atom. The van der Waals surface area contributed by atoms with Crippen LogP contribution in [0.15, 0.2) is 23.2 Å². The van der Waals surface area contributed by atoms with E-state index >= 15 is 0 Å². The summed E-state index contributed by atoms with van der Waals surface area (Å²) in [6.45, 7) is 0. The number of carboxylic acid groups (broad SMARTS) is 1. The van der Waals surface area contributed by atoms with Gasteiger partial charge in [-0.2, -0.15) is 4.31 Å². The lowest BCUT2D eigenvalue weighted by Crippen LogP contribution is -2.37. The first-order valence-electron chi connectivity index (χ1n) is 7.22. The van der Waals surface area contributed by atoms with Gasteiger partial charge in [0.15, 0.2) is 0 Å². The summed E-state index contributed by atoms with van der Waals surface area (Å²) in [5.74, 6) is -0.831. The molecule has 3 atom stereocenters. The Morgan fingerprint density at radius 2 is 2.09 bits per heavy atom. The van der Waals surface area contributed by atoms with Crippen LogP contribution in [0.1, 0.15) is 19.3 Å². The molecule has 0 aliphatic carbocycles. The molecule has 8 heteroatoms. The number of sulfonamides is 1. The third-order valence-corrected chi connectivity index (χ3v) is 6.51. The van der Waals surface area contributed by atoms with E-state index in [1.165, 1.54) is 16.6 Å². The summed E-state index contributed by atoms with van der Waals surface area (Å²) in [7, 11) is -0.0384. The van der Waals surface area contributed by atoms with Crippen LogP contribution in [0.2, 0.25) is 0 Å². The van der Waals surface area contributed by atoms with Gasteiger partial charge in [0.2, 0.25) is 10.0 Å². The Hall–Kier alpha value is -1.67. The molecule has 120 valence electrons. The maximum Gasteiger partial charge on any atom is 0.308 e. The molecule has 2 fully saturated rings. The van der Waals surface area contributed by atoms with Gasteiger partial charge in [0.1, 0.15) is 10.7 Å². The van der Waals surface area contributed by atoms with E-state index in [1.807, 2.05) is 14.1 Å². The highest BCUT2D eigenvalue weighted by Crippen LogP contribution is 2.44. The van der Waals surface area contributed by atoms with Gasteiger partial charge in [-0.3, -0.25) is 4.79 Å². The quantitative estimate of drug-likeness (QED) is 0.879. The summed E-state index contributed by atoms with van der Waals surface area (Å²) in [4.78, 5) is 17.3. The van der Waals surface area contributed by atoms with Crippen LogP contribution < -0.4 is 4.90 Å². The lowest BCUT2D eigenvalue weighted by atomic mass is 9.89. The molecule has 0 radical (unpaired) electrons. The highest BCUT2D eigenvalue weighted by Gasteiger charge is 2.54. The molecule has 2 aliphatic heterocycles. The van der Waals surface area contributed by atoms with Gasteiger partial charge in [0.05, 0.1) is 5.92 Å². The van der Waals surface area contributed by atoms with Crippen molar-refractivity contribution in [3.63, 3.8) is 0 Å². The molecule has 3 unspecified atom stereocenters. The molecule has 0 spiro atoms. The Bertz CT molecular complexity index is 687. The average Bonchev–Trinajstić information content (AvgIpc) is 3.05. The minimum Gasteiger partial charge on any atom is -0.481 e.